The normalized spacial score (nSPS) is 12.6. The quantitative estimate of drug-likeness (QED) is 0.0194. The minimum absolute atomic E-state index is 0.0845. The van der Waals surface area contributed by atoms with Gasteiger partial charge in [0.15, 0.2) is 0 Å². The van der Waals surface area contributed by atoms with Crippen molar-refractivity contribution in [3.63, 3.8) is 0 Å². The molecule has 4 aromatic rings. The van der Waals surface area contributed by atoms with Gasteiger partial charge in [0.1, 0.15) is 36.2 Å². The number of phenolic OH excluding ortho intramolecular Hbond substituents is 4. The first-order valence-electron chi connectivity index (χ1n) is 31.5. The summed E-state index contributed by atoms with van der Waals surface area (Å²) in [5.74, 6) is -0.0793. The van der Waals surface area contributed by atoms with E-state index in [1.54, 1.807) is 0 Å². The van der Waals surface area contributed by atoms with Crippen molar-refractivity contribution in [1.29, 1.82) is 0 Å². The Hall–Kier alpha value is -6.04. The van der Waals surface area contributed by atoms with Crippen molar-refractivity contribution in [2.24, 2.45) is 47.3 Å². The summed E-state index contributed by atoms with van der Waals surface area (Å²) in [7, 11) is 0. The molecule has 12 nitrogen and oxygen atoms in total. The average molecular weight is 1160 g/mol. The van der Waals surface area contributed by atoms with Crippen LogP contribution in [-0.4, -0.2) is 70.7 Å². The summed E-state index contributed by atoms with van der Waals surface area (Å²) in [5.41, 5.74) is 9.79. The van der Waals surface area contributed by atoms with Gasteiger partial charge in [-0.05, 0) is 178 Å². The number of hydrogen-bond donors (Lipinski definition) is 4. The molecule has 0 heterocycles. The van der Waals surface area contributed by atoms with Crippen molar-refractivity contribution in [2.45, 2.75) is 213 Å². The maximum absolute atomic E-state index is 14.4. The van der Waals surface area contributed by atoms with Crippen LogP contribution in [0, 0.1) is 47.3 Å². The van der Waals surface area contributed by atoms with E-state index >= 15 is 0 Å². The topological polar surface area (TPSA) is 186 Å². The Morgan fingerprint density at radius 2 is 0.536 bits per heavy atom. The molecule has 0 aromatic heterocycles. The zero-order chi connectivity index (χ0) is 62.5. The lowest BCUT2D eigenvalue weighted by molar-refractivity contribution is -0.153. The number of ether oxygens (including phenoxy) is 4. The molecule has 0 aliphatic heterocycles. The third-order valence-corrected chi connectivity index (χ3v) is 14.8. The van der Waals surface area contributed by atoms with Gasteiger partial charge in [-0.25, -0.2) is 0 Å². The number of aromatic hydroxyl groups is 4. The molecule has 2 atom stereocenters. The standard InChI is InChI=1S/C72H106O12/c1-43(2)23-55-31-51(32-56(69(55)77)24-44(3)4)17-19-65(73)81-21-22-82-67(75)39-63(53-35-59(27-47(9)10)71(79)60(36-53)28-48(11)12)42-84-68(76)40-64(54-37-61(29-49(13)14)72(80)62(38-54)30-50(15)16)41-83-66(74)20-18-52-33-57(25-45(5)6)70(78)58(34-52)26-46(7)8/h31-38,43-50,63-64,77-80H,17-30,39-42H2,1-16H3. The van der Waals surface area contributed by atoms with E-state index in [0.29, 0.717) is 92.1 Å². The molecule has 0 saturated heterocycles. The molecule has 4 N–H and O–H groups in total. The SMILES string of the molecule is CC(C)Cc1cc(CCC(=O)OCCOC(=O)CC(COC(=O)CC(COC(=O)CCc2cc(CC(C)C)c(O)c(CC(C)C)c2)c2cc(CC(C)C)c(O)c(CC(C)C)c2)c2cc(CC(C)C)c(O)c(CC(C)C)c2)cc(CC(C)C)c1O. The Bertz CT molecular complexity index is 2640. The van der Waals surface area contributed by atoms with Crippen LogP contribution >= 0.6 is 0 Å². The third-order valence-electron chi connectivity index (χ3n) is 14.8. The second kappa shape index (κ2) is 34.2. The lowest BCUT2D eigenvalue weighted by atomic mass is 9.87. The molecule has 4 aromatic carbocycles. The number of aryl methyl sites for hydroxylation is 2. The number of carbonyl (C=O) groups excluding carboxylic acids is 4. The lowest BCUT2D eigenvalue weighted by Gasteiger charge is -2.23. The van der Waals surface area contributed by atoms with Crippen LogP contribution in [0.2, 0.25) is 0 Å². The molecular formula is C72H106O12. The second-order valence-corrected chi connectivity index (χ2v) is 27.3. The molecule has 0 fully saturated rings. The molecule has 0 aliphatic carbocycles. The number of carbonyl (C=O) groups is 4. The van der Waals surface area contributed by atoms with E-state index in [0.717, 1.165) is 74.0 Å². The molecule has 0 spiro atoms. The third kappa shape index (κ3) is 24.1. The van der Waals surface area contributed by atoms with Crippen LogP contribution in [0.25, 0.3) is 0 Å². The number of esters is 4. The van der Waals surface area contributed by atoms with Gasteiger partial charge in [0.2, 0.25) is 0 Å². The monoisotopic (exact) mass is 1160 g/mol. The van der Waals surface area contributed by atoms with Gasteiger partial charge in [0.05, 0.1) is 26.1 Å². The summed E-state index contributed by atoms with van der Waals surface area (Å²) in [6.45, 7) is 32.8. The van der Waals surface area contributed by atoms with Gasteiger partial charge in [0, 0.05) is 24.7 Å². The zero-order valence-corrected chi connectivity index (χ0v) is 54.2. The highest BCUT2D eigenvalue weighted by Crippen LogP contribution is 2.37. The highest BCUT2D eigenvalue weighted by Gasteiger charge is 2.27. The molecule has 2 unspecified atom stereocenters. The molecule has 0 amide bonds. The van der Waals surface area contributed by atoms with Crippen molar-refractivity contribution in [1.82, 2.24) is 0 Å². The number of hydrogen-bond acceptors (Lipinski definition) is 12. The molecule has 0 saturated carbocycles. The summed E-state index contributed by atoms with van der Waals surface area (Å²) in [4.78, 5) is 55.1. The van der Waals surface area contributed by atoms with E-state index in [1.807, 2.05) is 48.5 Å². The number of phenols is 4. The highest BCUT2D eigenvalue weighted by molar-refractivity contribution is 5.73. The second-order valence-electron chi connectivity index (χ2n) is 27.3. The Morgan fingerprint density at radius 1 is 0.321 bits per heavy atom. The molecule has 12 heteroatoms. The fourth-order valence-corrected chi connectivity index (χ4v) is 11.2. The van der Waals surface area contributed by atoms with Crippen LogP contribution in [0.4, 0.5) is 0 Å². The van der Waals surface area contributed by atoms with E-state index in [1.165, 1.54) is 0 Å². The first-order valence-corrected chi connectivity index (χ1v) is 31.5. The predicted octanol–water partition coefficient (Wildman–Crippen LogP) is 15.2. The van der Waals surface area contributed by atoms with E-state index in [4.69, 9.17) is 18.9 Å². The zero-order valence-electron chi connectivity index (χ0n) is 54.2. The molecule has 4 rings (SSSR count). The van der Waals surface area contributed by atoms with Crippen molar-refractivity contribution >= 4 is 23.9 Å². The largest absolute Gasteiger partial charge is 0.507 e. The smallest absolute Gasteiger partial charge is 0.306 e. The van der Waals surface area contributed by atoms with Crippen LogP contribution in [0.1, 0.15) is 215 Å². The predicted molar refractivity (Wildman–Crippen MR) is 336 cm³/mol. The van der Waals surface area contributed by atoms with Crippen molar-refractivity contribution in [2.75, 3.05) is 26.4 Å². The molecule has 0 aliphatic rings. The Labute approximate surface area is 504 Å². The fourth-order valence-electron chi connectivity index (χ4n) is 11.2. The van der Waals surface area contributed by atoms with Crippen molar-refractivity contribution in [3.05, 3.63) is 115 Å². The first kappa shape index (κ1) is 70.4. The highest BCUT2D eigenvalue weighted by atomic mass is 16.6. The van der Waals surface area contributed by atoms with Crippen molar-refractivity contribution in [3.8, 4) is 23.0 Å². The fraction of sp³-hybridized carbons (Fsp3) is 0.611. The Kier molecular flexibility index (Phi) is 28.7. The molecular weight excluding hydrogens is 1060 g/mol. The van der Waals surface area contributed by atoms with Crippen LogP contribution in [0.15, 0.2) is 48.5 Å². The van der Waals surface area contributed by atoms with E-state index in [-0.39, 0.29) is 87.3 Å². The van der Waals surface area contributed by atoms with Gasteiger partial charge in [-0.2, -0.15) is 0 Å². The van der Waals surface area contributed by atoms with Crippen molar-refractivity contribution < 1.29 is 58.6 Å². The van der Waals surface area contributed by atoms with Crippen LogP contribution in [-0.2, 0) is 102 Å². The summed E-state index contributed by atoms with van der Waals surface area (Å²) in [5, 5.41) is 45.2. The average Bonchev–Trinajstić information content (AvgIpc) is 2.52. The molecule has 0 radical (unpaired) electrons. The molecule has 0 bridgehead atoms. The maximum atomic E-state index is 14.4. The van der Waals surface area contributed by atoms with Gasteiger partial charge in [-0.3, -0.25) is 19.2 Å². The van der Waals surface area contributed by atoms with Gasteiger partial charge in [-0.1, -0.05) is 159 Å². The van der Waals surface area contributed by atoms with Gasteiger partial charge < -0.3 is 39.4 Å². The summed E-state index contributed by atoms with van der Waals surface area (Å²) < 4.78 is 23.5. The summed E-state index contributed by atoms with van der Waals surface area (Å²) in [6, 6.07) is 15.5. The van der Waals surface area contributed by atoms with Crippen LogP contribution in [0.3, 0.4) is 0 Å². The minimum Gasteiger partial charge on any atom is -0.507 e. The Morgan fingerprint density at radius 3 is 0.798 bits per heavy atom. The van der Waals surface area contributed by atoms with E-state index < -0.39 is 35.7 Å². The van der Waals surface area contributed by atoms with Gasteiger partial charge >= 0.3 is 23.9 Å². The van der Waals surface area contributed by atoms with E-state index in [9.17, 15) is 39.6 Å². The van der Waals surface area contributed by atoms with Crippen LogP contribution in [0.5, 0.6) is 23.0 Å². The summed E-state index contributed by atoms with van der Waals surface area (Å²) in [6.07, 6.45) is 5.88. The van der Waals surface area contributed by atoms with Crippen LogP contribution < -0.4 is 0 Å². The number of rotatable bonds is 35. The van der Waals surface area contributed by atoms with E-state index in [2.05, 4.69) is 111 Å². The molecule has 84 heavy (non-hydrogen) atoms. The minimum atomic E-state index is -0.685. The lowest BCUT2D eigenvalue weighted by Crippen LogP contribution is -2.22. The Balaban J connectivity index is 1.59. The first-order chi connectivity index (χ1) is 39.5. The van der Waals surface area contributed by atoms with Gasteiger partial charge in [0.25, 0.3) is 0 Å². The maximum Gasteiger partial charge on any atom is 0.306 e. The summed E-state index contributed by atoms with van der Waals surface area (Å²) >= 11 is 0. The molecule has 466 valence electrons. The number of benzene rings is 4. The van der Waals surface area contributed by atoms with Gasteiger partial charge in [-0.15, -0.1) is 0 Å².